The molecule has 0 spiro atoms. The molecule has 2 aromatic heterocycles. The fourth-order valence-electron chi connectivity index (χ4n) is 3.80. The molecule has 152 valence electrons. The molecule has 0 aliphatic carbocycles. The van der Waals surface area contributed by atoms with Gasteiger partial charge in [0.05, 0.1) is 0 Å². The average Bonchev–Trinajstić information content (AvgIpc) is 2.78. The van der Waals surface area contributed by atoms with E-state index >= 15 is 0 Å². The van der Waals surface area contributed by atoms with Gasteiger partial charge in [0.25, 0.3) is 0 Å². The third-order valence-electron chi connectivity index (χ3n) is 5.35. The van der Waals surface area contributed by atoms with Crippen molar-refractivity contribution in [1.29, 1.82) is 0 Å². The number of hydrogen-bond acceptors (Lipinski definition) is 4. The first-order valence-electron chi connectivity index (χ1n) is 10.4. The van der Waals surface area contributed by atoms with Crippen molar-refractivity contribution in [1.82, 2.24) is 14.9 Å². The van der Waals surface area contributed by atoms with Crippen LogP contribution in [0.4, 0.5) is 11.6 Å². The summed E-state index contributed by atoms with van der Waals surface area (Å²) in [5, 5.41) is 3.28. The minimum absolute atomic E-state index is 0.0694. The van der Waals surface area contributed by atoms with E-state index in [4.69, 9.17) is 0 Å². The van der Waals surface area contributed by atoms with Gasteiger partial charge in [0.2, 0.25) is 5.91 Å². The Morgan fingerprint density at radius 1 is 1.10 bits per heavy atom. The van der Waals surface area contributed by atoms with Gasteiger partial charge < -0.3 is 10.2 Å². The van der Waals surface area contributed by atoms with Gasteiger partial charge in [-0.05, 0) is 61.2 Å². The highest BCUT2D eigenvalue weighted by Crippen LogP contribution is 2.28. The Balaban J connectivity index is 1.43. The molecule has 1 N–H and O–H groups in total. The van der Waals surface area contributed by atoms with Gasteiger partial charge in [-0.25, -0.2) is 9.97 Å². The molecule has 5 heteroatoms. The molecule has 1 unspecified atom stereocenters. The van der Waals surface area contributed by atoms with E-state index in [0.29, 0.717) is 5.92 Å². The van der Waals surface area contributed by atoms with E-state index in [9.17, 15) is 4.79 Å². The van der Waals surface area contributed by atoms with Crippen molar-refractivity contribution in [3.05, 3.63) is 89.8 Å². The number of carbonyl (C=O) groups is 1. The highest BCUT2D eigenvalue weighted by atomic mass is 16.2. The quantitative estimate of drug-likeness (QED) is 0.618. The first kappa shape index (κ1) is 19.8. The Morgan fingerprint density at radius 2 is 1.97 bits per heavy atom. The lowest BCUT2D eigenvalue weighted by atomic mass is 9.91. The second-order valence-electron chi connectivity index (χ2n) is 7.63. The van der Waals surface area contributed by atoms with Crippen molar-refractivity contribution in [3.63, 3.8) is 0 Å². The maximum absolute atomic E-state index is 12.7. The maximum Gasteiger partial charge on any atom is 0.246 e. The summed E-state index contributed by atoms with van der Waals surface area (Å²) in [6, 6.07) is 19.9. The number of likely N-dealkylation sites (tertiary alicyclic amines) is 1. The fraction of sp³-hybridized carbons (Fsp3) is 0.240. The maximum atomic E-state index is 12.7. The minimum Gasteiger partial charge on any atom is -0.339 e. The van der Waals surface area contributed by atoms with Crippen LogP contribution in [0, 0.1) is 6.92 Å². The van der Waals surface area contributed by atoms with E-state index in [1.165, 1.54) is 5.56 Å². The normalized spacial score (nSPS) is 16.6. The topological polar surface area (TPSA) is 58.1 Å². The summed E-state index contributed by atoms with van der Waals surface area (Å²) in [5.41, 5.74) is 3.19. The molecule has 1 atom stereocenters. The van der Waals surface area contributed by atoms with E-state index < -0.39 is 0 Å². The number of nitrogens with one attached hydrogen (secondary N) is 1. The minimum atomic E-state index is 0.0694. The zero-order valence-corrected chi connectivity index (χ0v) is 17.2. The van der Waals surface area contributed by atoms with Crippen LogP contribution in [0.2, 0.25) is 0 Å². The van der Waals surface area contributed by atoms with Crippen LogP contribution in [0.1, 0.15) is 35.6 Å². The Hall–Kier alpha value is -3.47. The molecule has 1 aliphatic heterocycles. The second kappa shape index (κ2) is 9.35. The zero-order valence-electron chi connectivity index (χ0n) is 17.2. The summed E-state index contributed by atoms with van der Waals surface area (Å²) in [6.45, 7) is 3.50. The summed E-state index contributed by atoms with van der Waals surface area (Å²) < 4.78 is 0. The molecule has 5 nitrogen and oxygen atoms in total. The Bertz CT molecular complexity index is 1030. The molecule has 1 amide bonds. The van der Waals surface area contributed by atoms with Crippen molar-refractivity contribution in [2.45, 2.75) is 25.7 Å². The number of aromatic nitrogens is 2. The van der Waals surface area contributed by atoms with Crippen molar-refractivity contribution < 1.29 is 4.79 Å². The Kier molecular flexibility index (Phi) is 6.18. The molecule has 1 fully saturated rings. The molecule has 1 aliphatic rings. The van der Waals surface area contributed by atoms with Crippen LogP contribution in [0.15, 0.2) is 72.9 Å². The molecule has 1 aromatic carbocycles. The average molecular weight is 399 g/mol. The lowest BCUT2D eigenvalue weighted by molar-refractivity contribution is -0.127. The second-order valence-corrected chi connectivity index (χ2v) is 7.63. The number of nitrogens with zero attached hydrogens (tertiary/aromatic N) is 3. The number of hydrogen-bond donors (Lipinski definition) is 1. The van der Waals surface area contributed by atoms with Crippen LogP contribution in [0.25, 0.3) is 6.08 Å². The van der Waals surface area contributed by atoms with Gasteiger partial charge in [-0.1, -0.05) is 36.4 Å². The molecule has 0 bridgehead atoms. The van der Waals surface area contributed by atoms with Gasteiger partial charge in [-0.3, -0.25) is 4.79 Å². The first-order chi connectivity index (χ1) is 14.7. The van der Waals surface area contributed by atoms with E-state index in [2.05, 4.69) is 21.4 Å². The zero-order chi connectivity index (χ0) is 20.8. The predicted octanol–water partition coefficient (Wildman–Crippen LogP) is 4.95. The van der Waals surface area contributed by atoms with Gasteiger partial charge in [0.1, 0.15) is 11.6 Å². The summed E-state index contributed by atoms with van der Waals surface area (Å²) in [4.78, 5) is 23.6. The van der Waals surface area contributed by atoms with Crippen LogP contribution in [0.3, 0.4) is 0 Å². The largest absolute Gasteiger partial charge is 0.339 e. The molecule has 0 saturated carbocycles. The number of rotatable bonds is 5. The lowest BCUT2D eigenvalue weighted by Crippen LogP contribution is -2.38. The van der Waals surface area contributed by atoms with E-state index in [1.807, 2.05) is 78.7 Å². The van der Waals surface area contributed by atoms with Crippen LogP contribution in [-0.4, -0.2) is 33.9 Å². The molecular formula is C25H26N4O. The molecule has 3 aromatic rings. The summed E-state index contributed by atoms with van der Waals surface area (Å²) in [6.07, 6.45) is 7.46. The number of pyridine rings is 2. The van der Waals surface area contributed by atoms with Gasteiger partial charge in [-0.2, -0.15) is 0 Å². The van der Waals surface area contributed by atoms with Gasteiger partial charge in [0.15, 0.2) is 0 Å². The molecular weight excluding hydrogens is 372 g/mol. The van der Waals surface area contributed by atoms with Crippen molar-refractivity contribution in [2.75, 3.05) is 18.4 Å². The first-order valence-corrected chi connectivity index (χ1v) is 10.4. The molecule has 0 radical (unpaired) electrons. The summed E-state index contributed by atoms with van der Waals surface area (Å²) in [7, 11) is 0. The molecule has 1 saturated heterocycles. The van der Waals surface area contributed by atoms with E-state index in [-0.39, 0.29) is 5.91 Å². The Morgan fingerprint density at radius 3 is 2.80 bits per heavy atom. The fourth-order valence-corrected chi connectivity index (χ4v) is 3.80. The number of carbonyl (C=O) groups excluding carboxylic acids is 1. The van der Waals surface area contributed by atoms with Crippen LogP contribution in [0.5, 0.6) is 0 Å². The SMILES string of the molecule is Cc1cccc(Nc2cc(C3CCCN(C(=O)C=Cc4ccccc4)C3)ccn2)n1. The number of amides is 1. The molecule has 4 rings (SSSR count). The standard InChI is InChI=1S/C25H26N4O/c1-19-7-5-11-23(27-19)28-24-17-21(14-15-26-24)22-10-6-16-29(18-22)25(30)13-12-20-8-3-2-4-9-20/h2-5,7-9,11-15,17,22H,6,10,16,18H2,1H3,(H,26,27,28). The van der Waals surface area contributed by atoms with Gasteiger partial charge >= 0.3 is 0 Å². The lowest BCUT2D eigenvalue weighted by Gasteiger charge is -2.32. The van der Waals surface area contributed by atoms with Crippen molar-refractivity contribution in [3.8, 4) is 0 Å². The predicted molar refractivity (Wildman–Crippen MR) is 121 cm³/mol. The highest BCUT2D eigenvalue weighted by molar-refractivity contribution is 5.91. The third-order valence-corrected chi connectivity index (χ3v) is 5.35. The van der Waals surface area contributed by atoms with Crippen LogP contribution < -0.4 is 5.32 Å². The highest BCUT2D eigenvalue weighted by Gasteiger charge is 2.24. The summed E-state index contributed by atoms with van der Waals surface area (Å²) in [5.74, 6) is 1.94. The number of aryl methyl sites for hydroxylation is 1. The van der Waals surface area contributed by atoms with Crippen molar-refractivity contribution in [2.24, 2.45) is 0 Å². The van der Waals surface area contributed by atoms with Crippen LogP contribution in [-0.2, 0) is 4.79 Å². The molecule has 3 heterocycles. The monoisotopic (exact) mass is 398 g/mol. The van der Waals surface area contributed by atoms with Crippen LogP contribution >= 0.6 is 0 Å². The number of anilines is 2. The smallest absolute Gasteiger partial charge is 0.246 e. The van der Waals surface area contributed by atoms with Crippen molar-refractivity contribution >= 4 is 23.6 Å². The van der Waals surface area contributed by atoms with E-state index in [1.54, 1.807) is 6.08 Å². The van der Waals surface area contributed by atoms with E-state index in [0.717, 1.165) is 48.8 Å². The Labute approximate surface area is 177 Å². The molecule has 30 heavy (non-hydrogen) atoms. The third kappa shape index (κ3) is 5.11. The van der Waals surface area contributed by atoms with Gasteiger partial charge in [-0.15, -0.1) is 0 Å². The number of piperidine rings is 1. The number of benzene rings is 1. The van der Waals surface area contributed by atoms with Gasteiger partial charge in [0, 0.05) is 37.0 Å². The summed E-state index contributed by atoms with van der Waals surface area (Å²) >= 11 is 0.